The van der Waals surface area contributed by atoms with Gasteiger partial charge in [0, 0.05) is 25.2 Å². The number of para-hydroxylation sites is 1. The van der Waals surface area contributed by atoms with Crippen LogP contribution in [0.25, 0.3) is 0 Å². The summed E-state index contributed by atoms with van der Waals surface area (Å²) in [4.78, 5) is 14.0. The van der Waals surface area contributed by atoms with Gasteiger partial charge in [-0.15, -0.1) is 0 Å². The second-order valence-corrected chi connectivity index (χ2v) is 4.07. The molecule has 1 aliphatic rings. The van der Waals surface area contributed by atoms with Gasteiger partial charge in [0.1, 0.15) is 6.04 Å². The Morgan fingerprint density at radius 1 is 1.38 bits per heavy atom. The summed E-state index contributed by atoms with van der Waals surface area (Å²) in [5, 5.41) is 3.29. The maximum atomic E-state index is 12.1. The molecule has 0 radical (unpaired) electrons. The molecule has 0 spiro atoms. The van der Waals surface area contributed by atoms with E-state index in [-0.39, 0.29) is 11.9 Å². The van der Waals surface area contributed by atoms with Crippen LogP contribution in [0.4, 0.5) is 5.69 Å². The lowest BCUT2D eigenvalue weighted by molar-refractivity contribution is -0.131. The molecular weight excluding hydrogens is 200 g/mol. The first-order valence-electron chi connectivity index (χ1n) is 5.89. The smallest absolute Gasteiger partial charge is 0.245 e. The number of carbonyl (C=O) groups is 1. The average molecular weight is 218 g/mol. The number of hydrogen-bond donors (Lipinski definition) is 1. The highest BCUT2D eigenvalue weighted by atomic mass is 16.2. The lowest BCUT2D eigenvalue weighted by Gasteiger charge is -2.22. The van der Waals surface area contributed by atoms with E-state index in [0.29, 0.717) is 0 Å². The number of nitrogens with zero attached hydrogens (tertiary/aromatic N) is 1. The number of nitrogens with one attached hydrogen (secondary N) is 1. The Morgan fingerprint density at radius 3 is 2.69 bits per heavy atom. The van der Waals surface area contributed by atoms with E-state index < -0.39 is 0 Å². The Morgan fingerprint density at radius 2 is 2.06 bits per heavy atom. The number of carbonyl (C=O) groups excluding carboxylic acids is 1. The summed E-state index contributed by atoms with van der Waals surface area (Å²) in [5.41, 5.74) is 2.35. The summed E-state index contributed by atoms with van der Waals surface area (Å²) < 4.78 is 0. The van der Waals surface area contributed by atoms with Gasteiger partial charge in [0.2, 0.25) is 5.91 Å². The molecule has 1 aromatic carbocycles. The van der Waals surface area contributed by atoms with E-state index in [9.17, 15) is 4.79 Å². The number of anilines is 1. The fourth-order valence-corrected chi connectivity index (χ4v) is 2.20. The fourth-order valence-electron chi connectivity index (χ4n) is 2.20. The predicted molar refractivity (Wildman–Crippen MR) is 65.5 cm³/mol. The van der Waals surface area contributed by atoms with Gasteiger partial charge < -0.3 is 10.2 Å². The van der Waals surface area contributed by atoms with Crippen LogP contribution in [0, 0.1) is 0 Å². The van der Waals surface area contributed by atoms with Crippen molar-refractivity contribution in [3.05, 3.63) is 29.8 Å². The number of fused-ring (bicyclic) bond motifs is 1. The summed E-state index contributed by atoms with van der Waals surface area (Å²) in [5.74, 6) is 0.209. The van der Waals surface area contributed by atoms with Crippen molar-refractivity contribution in [3.63, 3.8) is 0 Å². The number of likely N-dealkylation sites (N-methyl/N-ethyl adjacent to an activating group) is 1. The van der Waals surface area contributed by atoms with E-state index in [1.165, 1.54) is 5.56 Å². The highest BCUT2D eigenvalue weighted by Gasteiger charge is 2.28. The van der Waals surface area contributed by atoms with Crippen LogP contribution in [0.2, 0.25) is 0 Å². The Balaban J connectivity index is 2.08. The van der Waals surface area contributed by atoms with Crippen LogP contribution in [0.1, 0.15) is 19.4 Å². The Bertz CT molecular complexity index is 360. The largest absolute Gasteiger partial charge is 0.373 e. The van der Waals surface area contributed by atoms with E-state index in [4.69, 9.17) is 0 Å². The summed E-state index contributed by atoms with van der Waals surface area (Å²) in [6.07, 6.45) is 0.811. The lowest BCUT2D eigenvalue weighted by atomic mass is 10.1. The zero-order valence-corrected chi connectivity index (χ0v) is 9.86. The molecule has 1 atom stereocenters. The zero-order valence-electron chi connectivity index (χ0n) is 9.86. The van der Waals surface area contributed by atoms with Crippen LogP contribution < -0.4 is 5.32 Å². The SMILES string of the molecule is CCN(CC)C(=O)C1Cc2ccccc2N1. The van der Waals surface area contributed by atoms with Crippen LogP contribution >= 0.6 is 0 Å². The Hall–Kier alpha value is -1.51. The lowest BCUT2D eigenvalue weighted by Crippen LogP contribution is -2.41. The van der Waals surface area contributed by atoms with Crippen LogP contribution in [-0.4, -0.2) is 29.9 Å². The van der Waals surface area contributed by atoms with Gasteiger partial charge in [-0.3, -0.25) is 4.79 Å². The summed E-state index contributed by atoms with van der Waals surface area (Å²) in [6, 6.07) is 8.06. The third-order valence-electron chi connectivity index (χ3n) is 3.14. The van der Waals surface area contributed by atoms with Crippen LogP contribution in [0.5, 0.6) is 0 Å². The van der Waals surface area contributed by atoms with Crippen molar-refractivity contribution in [1.82, 2.24) is 4.90 Å². The molecule has 0 aliphatic carbocycles. The molecule has 1 N–H and O–H groups in total. The molecule has 0 saturated heterocycles. The molecule has 1 amide bonds. The number of rotatable bonds is 3. The Kier molecular flexibility index (Phi) is 3.13. The molecule has 0 bridgehead atoms. The van der Waals surface area contributed by atoms with Crippen LogP contribution in [0.15, 0.2) is 24.3 Å². The van der Waals surface area contributed by atoms with Gasteiger partial charge in [0.25, 0.3) is 0 Å². The topological polar surface area (TPSA) is 32.3 Å². The normalized spacial score (nSPS) is 17.8. The Labute approximate surface area is 96.5 Å². The van der Waals surface area contributed by atoms with Gasteiger partial charge in [-0.05, 0) is 25.5 Å². The molecule has 86 valence electrons. The maximum absolute atomic E-state index is 12.1. The van der Waals surface area contributed by atoms with E-state index in [1.807, 2.05) is 36.9 Å². The van der Waals surface area contributed by atoms with Gasteiger partial charge >= 0.3 is 0 Å². The maximum Gasteiger partial charge on any atom is 0.245 e. The molecule has 16 heavy (non-hydrogen) atoms. The third kappa shape index (κ3) is 1.90. The fraction of sp³-hybridized carbons (Fsp3) is 0.462. The molecule has 0 saturated carbocycles. The minimum Gasteiger partial charge on any atom is -0.373 e. The van der Waals surface area contributed by atoms with E-state index in [1.54, 1.807) is 0 Å². The zero-order chi connectivity index (χ0) is 11.5. The van der Waals surface area contributed by atoms with Gasteiger partial charge in [0.05, 0.1) is 0 Å². The highest BCUT2D eigenvalue weighted by molar-refractivity contribution is 5.87. The molecular formula is C13H18N2O. The first kappa shape index (κ1) is 11.0. The molecule has 3 heteroatoms. The summed E-state index contributed by atoms with van der Waals surface area (Å²) in [6.45, 7) is 5.60. The second-order valence-electron chi connectivity index (χ2n) is 4.07. The minimum absolute atomic E-state index is 0.0719. The number of benzene rings is 1. The molecule has 1 aliphatic heterocycles. The molecule has 3 nitrogen and oxygen atoms in total. The van der Waals surface area contributed by atoms with Crippen molar-refractivity contribution < 1.29 is 4.79 Å². The van der Waals surface area contributed by atoms with E-state index in [0.717, 1.165) is 25.2 Å². The quantitative estimate of drug-likeness (QED) is 0.840. The van der Waals surface area contributed by atoms with Crippen molar-refractivity contribution >= 4 is 11.6 Å². The summed E-state index contributed by atoms with van der Waals surface area (Å²) >= 11 is 0. The van der Waals surface area contributed by atoms with Crippen molar-refractivity contribution in [3.8, 4) is 0 Å². The van der Waals surface area contributed by atoms with E-state index in [2.05, 4.69) is 11.4 Å². The average Bonchev–Trinajstić information content (AvgIpc) is 2.74. The van der Waals surface area contributed by atoms with Gasteiger partial charge in [-0.25, -0.2) is 0 Å². The standard InChI is InChI=1S/C13H18N2O/c1-3-15(4-2)13(16)12-9-10-7-5-6-8-11(10)14-12/h5-8,12,14H,3-4,9H2,1-2H3. The van der Waals surface area contributed by atoms with E-state index >= 15 is 0 Å². The summed E-state index contributed by atoms with van der Waals surface area (Å²) in [7, 11) is 0. The van der Waals surface area contributed by atoms with Crippen molar-refractivity contribution in [2.24, 2.45) is 0 Å². The predicted octanol–water partition coefficient (Wildman–Crippen LogP) is 1.89. The second kappa shape index (κ2) is 4.56. The van der Waals surface area contributed by atoms with Crippen molar-refractivity contribution in [1.29, 1.82) is 0 Å². The third-order valence-corrected chi connectivity index (χ3v) is 3.14. The van der Waals surface area contributed by atoms with Gasteiger partial charge in [-0.1, -0.05) is 18.2 Å². The number of hydrogen-bond acceptors (Lipinski definition) is 2. The molecule has 1 heterocycles. The van der Waals surface area contributed by atoms with Crippen LogP contribution in [0.3, 0.4) is 0 Å². The number of amides is 1. The molecule has 0 fully saturated rings. The van der Waals surface area contributed by atoms with Crippen molar-refractivity contribution in [2.75, 3.05) is 18.4 Å². The molecule has 2 rings (SSSR count). The van der Waals surface area contributed by atoms with Gasteiger partial charge in [0.15, 0.2) is 0 Å². The first-order chi connectivity index (χ1) is 7.76. The molecule has 1 unspecified atom stereocenters. The monoisotopic (exact) mass is 218 g/mol. The molecule has 0 aromatic heterocycles. The van der Waals surface area contributed by atoms with Crippen molar-refractivity contribution in [2.45, 2.75) is 26.3 Å². The van der Waals surface area contributed by atoms with Gasteiger partial charge in [-0.2, -0.15) is 0 Å². The first-order valence-corrected chi connectivity index (χ1v) is 5.89. The molecule has 1 aromatic rings. The minimum atomic E-state index is -0.0719. The highest BCUT2D eigenvalue weighted by Crippen LogP contribution is 2.25. The van der Waals surface area contributed by atoms with Crippen LogP contribution in [-0.2, 0) is 11.2 Å².